The maximum Gasteiger partial charge on any atom is 0.201 e. The zero-order chi connectivity index (χ0) is 11.8. The van der Waals surface area contributed by atoms with E-state index in [2.05, 4.69) is 12.1 Å². The summed E-state index contributed by atoms with van der Waals surface area (Å²) in [4.78, 5) is 12.1. The highest BCUT2D eigenvalue weighted by atomic mass is 35.5. The molecule has 0 amide bonds. The predicted molar refractivity (Wildman–Crippen MR) is 65.3 cm³/mol. The monoisotopic (exact) mass is 246 g/mol. The van der Waals surface area contributed by atoms with Gasteiger partial charge in [0.25, 0.3) is 0 Å². The molecule has 17 heavy (non-hydrogen) atoms. The van der Waals surface area contributed by atoms with Gasteiger partial charge in [0, 0.05) is 5.92 Å². The molecule has 2 atom stereocenters. The van der Waals surface area contributed by atoms with Crippen LogP contribution in [-0.4, -0.2) is 5.78 Å². The van der Waals surface area contributed by atoms with Crippen molar-refractivity contribution in [3.63, 3.8) is 0 Å². The molecule has 0 N–H and O–H groups in total. The SMILES string of the molecule is O=C(c1ccc(Cl)o1)C1CC1c1ccccc1. The largest absolute Gasteiger partial charge is 0.442 e. The molecular formula is C14H11ClO2. The van der Waals surface area contributed by atoms with Crippen molar-refractivity contribution < 1.29 is 9.21 Å². The van der Waals surface area contributed by atoms with Crippen LogP contribution in [0, 0.1) is 5.92 Å². The second-order valence-corrected chi connectivity index (χ2v) is 4.70. The van der Waals surface area contributed by atoms with E-state index in [1.807, 2.05) is 18.2 Å². The van der Waals surface area contributed by atoms with Crippen molar-refractivity contribution in [2.45, 2.75) is 12.3 Å². The molecule has 1 aliphatic rings. The molecule has 1 fully saturated rings. The van der Waals surface area contributed by atoms with Crippen LogP contribution in [-0.2, 0) is 0 Å². The van der Waals surface area contributed by atoms with Crippen molar-refractivity contribution in [3.05, 3.63) is 59.0 Å². The average molecular weight is 247 g/mol. The first-order chi connectivity index (χ1) is 8.25. The zero-order valence-corrected chi connectivity index (χ0v) is 9.85. The van der Waals surface area contributed by atoms with Crippen LogP contribution in [0.1, 0.15) is 28.5 Å². The lowest BCUT2D eigenvalue weighted by atomic mass is 10.1. The summed E-state index contributed by atoms with van der Waals surface area (Å²) in [5.74, 6) is 0.830. The molecule has 3 heteroatoms. The van der Waals surface area contributed by atoms with E-state index < -0.39 is 0 Å². The Labute approximate surface area is 104 Å². The Kier molecular flexibility index (Phi) is 2.52. The topological polar surface area (TPSA) is 30.2 Å². The Bertz CT molecular complexity index is 544. The van der Waals surface area contributed by atoms with Crippen LogP contribution in [0.2, 0.25) is 5.22 Å². The molecule has 0 aliphatic heterocycles. The second-order valence-electron chi connectivity index (χ2n) is 4.33. The molecule has 1 saturated carbocycles. The van der Waals surface area contributed by atoms with E-state index in [1.54, 1.807) is 12.1 Å². The molecule has 1 aliphatic carbocycles. The fourth-order valence-electron chi connectivity index (χ4n) is 2.18. The predicted octanol–water partition coefficient (Wildman–Crippen LogP) is 3.92. The molecule has 1 heterocycles. The molecule has 0 saturated heterocycles. The molecule has 2 aromatic rings. The number of rotatable bonds is 3. The van der Waals surface area contributed by atoms with Crippen LogP contribution in [0.4, 0.5) is 0 Å². The Morgan fingerprint density at radius 3 is 2.59 bits per heavy atom. The van der Waals surface area contributed by atoms with Crippen LogP contribution >= 0.6 is 11.6 Å². The summed E-state index contributed by atoms with van der Waals surface area (Å²) >= 11 is 5.66. The van der Waals surface area contributed by atoms with Crippen molar-refractivity contribution in [2.75, 3.05) is 0 Å². The van der Waals surface area contributed by atoms with Crippen LogP contribution in [0.15, 0.2) is 46.9 Å². The number of hydrogen-bond donors (Lipinski definition) is 0. The number of carbonyl (C=O) groups is 1. The number of ketones is 1. The van der Waals surface area contributed by atoms with Crippen molar-refractivity contribution >= 4 is 17.4 Å². The fourth-order valence-corrected chi connectivity index (χ4v) is 2.33. The Morgan fingerprint density at radius 2 is 1.94 bits per heavy atom. The highest BCUT2D eigenvalue weighted by Gasteiger charge is 2.44. The quantitative estimate of drug-likeness (QED) is 0.769. The van der Waals surface area contributed by atoms with Gasteiger partial charge in [0.05, 0.1) is 0 Å². The molecule has 1 aromatic carbocycles. The van der Waals surface area contributed by atoms with Crippen molar-refractivity contribution in [2.24, 2.45) is 5.92 Å². The van der Waals surface area contributed by atoms with Gasteiger partial charge in [-0.3, -0.25) is 4.79 Å². The maximum atomic E-state index is 12.1. The Balaban J connectivity index is 1.75. The summed E-state index contributed by atoms with van der Waals surface area (Å²) in [5, 5.41) is 0.269. The van der Waals surface area contributed by atoms with Crippen molar-refractivity contribution in [1.82, 2.24) is 0 Å². The second kappa shape index (κ2) is 4.04. The van der Waals surface area contributed by atoms with E-state index in [0.717, 1.165) is 6.42 Å². The smallest absolute Gasteiger partial charge is 0.201 e. The first kappa shape index (κ1) is 10.6. The third-order valence-corrected chi connectivity index (χ3v) is 3.37. The zero-order valence-electron chi connectivity index (χ0n) is 9.10. The number of Topliss-reactive ketones (excluding diaryl/α,β-unsaturated/α-hetero) is 1. The summed E-state index contributed by atoms with van der Waals surface area (Å²) in [6.07, 6.45) is 0.904. The molecule has 0 radical (unpaired) electrons. The van der Waals surface area contributed by atoms with Gasteiger partial charge in [-0.05, 0) is 41.6 Å². The van der Waals surface area contributed by atoms with Crippen LogP contribution in [0.5, 0.6) is 0 Å². The molecule has 2 unspecified atom stereocenters. The highest BCUT2D eigenvalue weighted by molar-refractivity contribution is 6.29. The summed E-state index contributed by atoms with van der Waals surface area (Å²) in [7, 11) is 0. The summed E-state index contributed by atoms with van der Waals surface area (Å²) in [6, 6.07) is 13.4. The molecule has 0 spiro atoms. The molecule has 2 nitrogen and oxygen atoms in total. The van der Waals surface area contributed by atoms with Gasteiger partial charge < -0.3 is 4.42 Å². The molecule has 0 bridgehead atoms. The Morgan fingerprint density at radius 1 is 1.18 bits per heavy atom. The lowest BCUT2D eigenvalue weighted by Crippen LogP contribution is -2.01. The molecule has 1 aromatic heterocycles. The standard InChI is InChI=1S/C14H11ClO2/c15-13-7-6-12(17-13)14(16)11-8-10(11)9-4-2-1-3-5-9/h1-7,10-11H,8H2. The van der Waals surface area contributed by atoms with E-state index in [-0.39, 0.29) is 16.9 Å². The van der Waals surface area contributed by atoms with Crippen molar-refractivity contribution in [3.8, 4) is 0 Å². The number of benzene rings is 1. The highest BCUT2D eigenvalue weighted by Crippen LogP contribution is 2.49. The van der Waals surface area contributed by atoms with Gasteiger partial charge in [0.2, 0.25) is 5.78 Å². The van der Waals surface area contributed by atoms with E-state index >= 15 is 0 Å². The lowest BCUT2D eigenvalue weighted by molar-refractivity contribution is 0.0938. The van der Waals surface area contributed by atoms with E-state index in [1.165, 1.54) is 5.56 Å². The van der Waals surface area contributed by atoms with E-state index in [4.69, 9.17) is 16.0 Å². The fraction of sp³-hybridized carbons (Fsp3) is 0.214. The van der Waals surface area contributed by atoms with Crippen LogP contribution in [0.3, 0.4) is 0 Å². The summed E-state index contributed by atoms with van der Waals surface area (Å²) in [6.45, 7) is 0. The lowest BCUT2D eigenvalue weighted by Gasteiger charge is -1.98. The van der Waals surface area contributed by atoms with Gasteiger partial charge in [-0.1, -0.05) is 30.3 Å². The normalized spacial score (nSPS) is 22.4. The van der Waals surface area contributed by atoms with Crippen LogP contribution in [0.25, 0.3) is 0 Å². The number of halogens is 1. The number of carbonyl (C=O) groups excluding carboxylic acids is 1. The number of hydrogen-bond acceptors (Lipinski definition) is 2. The van der Waals surface area contributed by atoms with Gasteiger partial charge in [0.15, 0.2) is 11.0 Å². The maximum absolute atomic E-state index is 12.1. The minimum Gasteiger partial charge on any atom is -0.442 e. The van der Waals surface area contributed by atoms with Crippen molar-refractivity contribution in [1.29, 1.82) is 0 Å². The van der Waals surface area contributed by atoms with Crippen LogP contribution < -0.4 is 0 Å². The van der Waals surface area contributed by atoms with Gasteiger partial charge >= 0.3 is 0 Å². The third-order valence-electron chi connectivity index (χ3n) is 3.17. The summed E-state index contributed by atoms with van der Waals surface area (Å²) < 4.78 is 5.15. The van der Waals surface area contributed by atoms with Gasteiger partial charge in [-0.2, -0.15) is 0 Å². The Hall–Kier alpha value is -1.54. The molecule has 3 rings (SSSR count). The van der Waals surface area contributed by atoms with E-state index in [0.29, 0.717) is 11.7 Å². The summed E-state index contributed by atoms with van der Waals surface area (Å²) in [5.41, 5.74) is 1.23. The van der Waals surface area contributed by atoms with Gasteiger partial charge in [0.1, 0.15) is 0 Å². The third kappa shape index (κ3) is 2.01. The average Bonchev–Trinajstić information content (AvgIpc) is 3.05. The molecule has 86 valence electrons. The van der Waals surface area contributed by atoms with Gasteiger partial charge in [-0.15, -0.1) is 0 Å². The minimum atomic E-state index is 0.0552. The first-order valence-electron chi connectivity index (χ1n) is 5.60. The minimum absolute atomic E-state index is 0.0552. The van der Waals surface area contributed by atoms with Gasteiger partial charge in [-0.25, -0.2) is 0 Å². The molecular weight excluding hydrogens is 236 g/mol. The number of furan rings is 1. The first-order valence-corrected chi connectivity index (χ1v) is 5.98. The van der Waals surface area contributed by atoms with E-state index in [9.17, 15) is 4.79 Å².